The van der Waals surface area contributed by atoms with Crippen molar-refractivity contribution in [2.75, 3.05) is 18.0 Å². The Morgan fingerprint density at radius 2 is 1.88 bits per heavy atom. The summed E-state index contributed by atoms with van der Waals surface area (Å²) in [5.41, 5.74) is 1.74. The highest BCUT2D eigenvalue weighted by Gasteiger charge is 2.21. The van der Waals surface area contributed by atoms with Gasteiger partial charge in [0.1, 0.15) is 4.91 Å². The second-order valence-corrected chi connectivity index (χ2v) is 8.77. The van der Waals surface area contributed by atoms with Crippen LogP contribution in [0.2, 0.25) is 5.02 Å². The summed E-state index contributed by atoms with van der Waals surface area (Å²) in [6.07, 6.45) is 4.56. The number of hydrogen-bond donors (Lipinski definition) is 1. The monoisotopic (exact) mass is 486 g/mol. The zero-order valence-corrected chi connectivity index (χ0v) is 18.9. The lowest BCUT2D eigenvalue weighted by molar-refractivity contribution is -0.384. The van der Waals surface area contributed by atoms with Crippen molar-refractivity contribution in [3.8, 4) is 11.5 Å². The zero-order valence-electron chi connectivity index (χ0n) is 17.3. The van der Waals surface area contributed by atoms with Crippen LogP contribution in [0.25, 0.3) is 17.5 Å². The number of hydrogen-bond acceptors (Lipinski definition) is 8. The number of carboxylic acids is 1. The number of carboxylic acid groups (broad SMARTS) is 1. The molecule has 0 atom stereocenters. The number of benzene rings is 2. The van der Waals surface area contributed by atoms with Crippen LogP contribution < -0.4 is 4.90 Å². The minimum absolute atomic E-state index is 0.0403. The van der Waals surface area contributed by atoms with Gasteiger partial charge in [-0.05, 0) is 67.4 Å². The maximum Gasteiger partial charge on any atom is 0.342 e. The van der Waals surface area contributed by atoms with Crippen LogP contribution in [0.3, 0.4) is 0 Å². The number of aromatic nitrogens is 2. The molecule has 33 heavy (non-hydrogen) atoms. The molecule has 1 aliphatic heterocycles. The molecule has 11 heteroatoms. The summed E-state index contributed by atoms with van der Waals surface area (Å²) < 4.78 is 5.61. The van der Waals surface area contributed by atoms with Crippen molar-refractivity contribution in [3.05, 3.63) is 68.1 Å². The van der Waals surface area contributed by atoms with Crippen LogP contribution in [0.1, 0.15) is 24.8 Å². The number of aliphatic carboxylic acids is 1. The number of nitrogens with zero attached hydrogens (tertiary/aromatic N) is 4. The van der Waals surface area contributed by atoms with Gasteiger partial charge in [-0.15, -0.1) is 10.2 Å². The highest BCUT2D eigenvalue weighted by atomic mass is 35.5. The van der Waals surface area contributed by atoms with E-state index in [2.05, 4.69) is 15.1 Å². The Balaban J connectivity index is 1.66. The van der Waals surface area contributed by atoms with Crippen LogP contribution in [0, 0.1) is 10.1 Å². The van der Waals surface area contributed by atoms with Gasteiger partial charge in [-0.1, -0.05) is 11.6 Å². The standard InChI is InChI=1S/C22H19ClN4O5S/c23-16-6-4-14(5-7-16)20-24-25-22(32-20)33-19(21(28)29)13-15-12-17(27(30)31)8-9-18(15)26-10-2-1-3-11-26/h4-9,12-13H,1-3,10-11H2,(H,28,29)/b19-13+. The summed E-state index contributed by atoms with van der Waals surface area (Å²) in [6.45, 7) is 1.62. The Kier molecular flexibility index (Phi) is 6.95. The fraction of sp³-hybridized carbons (Fsp3) is 0.227. The molecule has 170 valence electrons. The third kappa shape index (κ3) is 5.52. The topological polar surface area (TPSA) is 123 Å². The number of halogens is 1. The van der Waals surface area contributed by atoms with E-state index in [9.17, 15) is 20.0 Å². The third-order valence-corrected chi connectivity index (χ3v) is 6.21. The molecule has 9 nitrogen and oxygen atoms in total. The molecule has 4 rings (SSSR count). The van der Waals surface area contributed by atoms with Gasteiger partial charge >= 0.3 is 5.97 Å². The van der Waals surface area contributed by atoms with E-state index in [0.717, 1.165) is 49.8 Å². The van der Waals surface area contributed by atoms with Crippen molar-refractivity contribution < 1.29 is 19.2 Å². The van der Waals surface area contributed by atoms with Crippen LogP contribution >= 0.6 is 23.4 Å². The van der Waals surface area contributed by atoms with Gasteiger partial charge in [0, 0.05) is 47.1 Å². The third-order valence-electron chi connectivity index (χ3n) is 5.11. The molecule has 0 bridgehead atoms. The van der Waals surface area contributed by atoms with Crippen molar-refractivity contribution >= 4 is 46.8 Å². The Morgan fingerprint density at radius 3 is 2.55 bits per heavy atom. The van der Waals surface area contributed by atoms with Crippen molar-refractivity contribution in [2.45, 2.75) is 24.5 Å². The maximum absolute atomic E-state index is 12.0. The summed E-state index contributed by atoms with van der Waals surface area (Å²) in [5.74, 6) is -0.981. The average Bonchev–Trinajstić information content (AvgIpc) is 3.28. The quantitative estimate of drug-likeness (QED) is 0.199. The molecule has 1 N–H and O–H groups in total. The normalized spacial score (nSPS) is 14.3. The summed E-state index contributed by atoms with van der Waals surface area (Å²) in [4.78, 5) is 24.8. The van der Waals surface area contributed by atoms with Crippen molar-refractivity contribution in [1.82, 2.24) is 10.2 Å². The SMILES string of the molecule is O=C(O)/C(=C\c1cc([N+](=O)[O-])ccc1N1CCCCC1)Sc1nnc(-c2ccc(Cl)cc2)o1. The summed E-state index contributed by atoms with van der Waals surface area (Å²) in [6, 6.07) is 11.3. The molecule has 2 aromatic carbocycles. The van der Waals surface area contributed by atoms with Crippen LogP contribution in [-0.2, 0) is 4.79 Å². The number of carbonyl (C=O) groups is 1. The van der Waals surface area contributed by atoms with E-state index in [1.54, 1.807) is 30.3 Å². The Morgan fingerprint density at radius 1 is 1.15 bits per heavy atom. The lowest BCUT2D eigenvalue weighted by Gasteiger charge is -2.30. The second kappa shape index (κ2) is 10.1. The molecule has 1 fully saturated rings. The first-order valence-corrected chi connectivity index (χ1v) is 11.4. The number of nitro groups is 1. The fourth-order valence-electron chi connectivity index (χ4n) is 3.52. The molecule has 0 aliphatic carbocycles. The molecular weight excluding hydrogens is 468 g/mol. The molecule has 1 aliphatic rings. The number of rotatable bonds is 7. The highest BCUT2D eigenvalue weighted by Crippen LogP contribution is 2.34. The van der Waals surface area contributed by atoms with Gasteiger partial charge in [-0.2, -0.15) is 0 Å². The van der Waals surface area contributed by atoms with E-state index < -0.39 is 10.9 Å². The van der Waals surface area contributed by atoms with Crippen LogP contribution in [0.5, 0.6) is 0 Å². The van der Waals surface area contributed by atoms with Crippen molar-refractivity contribution in [1.29, 1.82) is 0 Å². The first kappa shape index (κ1) is 22.8. The van der Waals surface area contributed by atoms with Gasteiger partial charge in [0.25, 0.3) is 10.9 Å². The van der Waals surface area contributed by atoms with E-state index in [1.165, 1.54) is 18.2 Å². The average molecular weight is 487 g/mol. The first-order chi connectivity index (χ1) is 15.9. The number of nitro benzene ring substituents is 1. The van der Waals surface area contributed by atoms with E-state index in [1.807, 2.05) is 0 Å². The van der Waals surface area contributed by atoms with Gasteiger partial charge in [0.2, 0.25) is 5.89 Å². The second-order valence-electron chi connectivity index (χ2n) is 7.34. The lowest BCUT2D eigenvalue weighted by Crippen LogP contribution is -2.29. The molecule has 0 amide bonds. The molecule has 1 aromatic heterocycles. The minimum atomic E-state index is -1.21. The Labute approximate surface area is 198 Å². The van der Waals surface area contributed by atoms with Gasteiger partial charge in [0.15, 0.2) is 0 Å². The summed E-state index contributed by atoms with van der Waals surface area (Å²) in [5, 5.41) is 29.6. The molecular formula is C22H19ClN4O5S. The molecule has 0 unspecified atom stereocenters. The molecule has 0 radical (unpaired) electrons. The van der Waals surface area contributed by atoms with Gasteiger partial charge in [0.05, 0.1) is 4.92 Å². The number of anilines is 1. The van der Waals surface area contributed by atoms with E-state index in [-0.39, 0.29) is 21.7 Å². The Hall–Kier alpha value is -3.37. The van der Waals surface area contributed by atoms with Gasteiger partial charge in [-0.25, -0.2) is 4.79 Å². The van der Waals surface area contributed by atoms with E-state index >= 15 is 0 Å². The van der Waals surface area contributed by atoms with E-state index in [4.69, 9.17) is 16.0 Å². The zero-order chi connectivity index (χ0) is 23.4. The number of non-ortho nitro benzene ring substituents is 1. The molecule has 0 saturated carbocycles. The smallest absolute Gasteiger partial charge is 0.342 e. The van der Waals surface area contributed by atoms with Gasteiger partial charge in [-0.3, -0.25) is 10.1 Å². The van der Waals surface area contributed by atoms with Crippen LogP contribution in [-0.4, -0.2) is 39.3 Å². The fourth-order valence-corrected chi connectivity index (χ4v) is 4.31. The van der Waals surface area contributed by atoms with Crippen molar-refractivity contribution in [3.63, 3.8) is 0 Å². The Bertz CT molecular complexity index is 1210. The molecule has 3 aromatic rings. The summed E-state index contributed by atoms with van der Waals surface area (Å²) in [7, 11) is 0. The lowest BCUT2D eigenvalue weighted by atomic mass is 10.1. The number of piperidine rings is 1. The van der Waals surface area contributed by atoms with E-state index in [0.29, 0.717) is 16.1 Å². The van der Waals surface area contributed by atoms with Crippen molar-refractivity contribution in [2.24, 2.45) is 0 Å². The molecule has 1 saturated heterocycles. The predicted molar refractivity (Wildman–Crippen MR) is 125 cm³/mol. The van der Waals surface area contributed by atoms with Crippen LogP contribution in [0.4, 0.5) is 11.4 Å². The summed E-state index contributed by atoms with van der Waals surface area (Å²) >= 11 is 6.68. The predicted octanol–water partition coefficient (Wildman–Crippen LogP) is 5.51. The van der Waals surface area contributed by atoms with Gasteiger partial charge < -0.3 is 14.4 Å². The highest BCUT2D eigenvalue weighted by molar-refractivity contribution is 8.03. The molecule has 0 spiro atoms. The maximum atomic E-state index is 12.0. The van der Waals surface area contributed by atoms with Crippen LogP contribution in [0.15, 0.2) is 57.0 Å². The largest absolute Gasteiger partial charge is 0.477 e. The molecule has 2 heterocycles. The first-order valence-electron chi connectivity index (χ1n) is 10.2. The number of thioether (sulfide) groups is 1. The minimum Gasteiger partial charge on any atom is -0.477 e.